The standard InChI is InChI=1S/C15H17ClF5NO2S/c1-7(2)6-8-9(14(23)24-3)10(13(17)18)22-12(15(19,20)21)11(8)25-5-4-16/h7,13H,4-6H2,1-3H3. The number of alkyl halides is 6. The minimum absolute atomic E-state index is 0.0135. The molecule has 0 fully saturated rings. The molecule has 0 unspecified atom stereocenters. The minimum Gasteiger partial charge on any atom is -0.465 e. The number of ether oxygens (including phenoxy) is 1. The van der Waals surface area contributed by atoms with Crippen LogP contribution >= 0.6 is 23.4 Å². The van der Waals surface area contributed by atoms with E-state index in [2.05, 4.69) is 9.72 Å². The second-order valence-electron chi connectivity index (χ2n) is 5.45. The predicted octanol–water partition coefficient (Wildman–Crippen LogP) is 5.35. The van der Waals surface area contributed by atoms with E-state index in [-0.39, 0.29) is 34.4 Å². The summed E-state index contributed by atoms with van der Waals surface area (Å²) in [6, 6.07) is 0. The highest BCUT2D eigenvalue weighted by molar-refractivity contribution is 7.99. The Balaban J connectivity index is 3.87. The van der Waals surface area contributed by atoms with Crippen LogP contribution in [0.1, 0.15) is 47.6 Å². The molecule has 1 rings (SSSR count). The van der Waals surface area contributed by atoms with Crippen LogP contribution in [0.15, 0.2) is 4.90 Å². The van der Waals surface area contributed by atoms with Gasteiger partial charge in [-0.1, -0.05) is 13.8 Å². The lowest BCUT2D eigenvalue weighted by Crippen LogP contribution is -2.21. The Bertz CT molecular complexity index is 623. The Labute approximate surface area is 151 Å². The molecule has 0 aliphatic carbocycles. The number of halogens is 6. The zero-order chi connectivity index (χ0) is 19.4. The summed E-state index contributed by atoms with van der Waals surface area (Å²) in [6.07, 6.45) is -8.31. The van der Waals surface area contributed by atoms with Gasteiger partial charge in [0.25, 0.3) is 6.43 Å². The molecule has 3 nitrogen and oxygen atoms in total. The van der Waals surface area contributed by atoms with E-state index in [1.54, 1.807) is 13.8 Å². The molecule has 1 aromatic heterocycles. The van der Waals surface area contributed by atoms with Gasteiger partial charge in [0.15, 0.2) is 5.69 Å². The van der Waals surface area contributed by atoms with E-state index in [0.29, 0.717) is 0 Å². The van der Waals surface area contributed by atoms with Gasteiger partial charge in [-0.2, -0.15) is 13.2 Å². The van der Waals surface area contributed by atoms with Crippen molar-refractivity contribution in [3.05, 3.63) is 22.5 Å². The third-order valence-corrected chi connectivity index (χ3v) is 4.63. The van der Waals surface area contributed by atoms with Crippen molar-refractivity contribution in [1.29, 1.82) is 0 Å². The van der Waals surface area contributed by atoms with Gasteiger partial charge in [-0.3, -0.25) is 0 Å². The number of pyridine rings is 1. The Morgan fingerprint density at radius 1 is 1.32 bits per heavy atom. The molecule has 0 atom stereocenters. The second-order valence-corrected chi connectivity index (χ2v) is 6.94. The van der Waals surface area contributed by atoms with Gasteiger partial charge in [-0.05, 0) is 17.9 Å². The van der Waals surface area contributed by atoms with Crippen LogP contribution in [0.5, 0.6) is 0 Å². The van der Waals surface area contributed by atoms with Crippen molar-refractivity contribution in [2.24, 2.45) is 5.92 Å². The van der Waals surface area contributed by atoms with Crippen molar-refractivity contribution >= 4 is 29.3 Å². The molecule has 0 aliphatic rings. The largest absolute Gasteiger partial charge is 0.465 e. The lowest BCUT2D eigenvalue weighted by atomic mass is 9.96. The first-order valence-corrected chi connectivity index (χ1v) is 8.75. The maximum atomic E-state index is 13.4. The first kappa shape index (κ1) is 22.0. The summed E-state index contributed by atoms with van der Waals surface area (Å²) in [5, 5.41) is 0. The van der Waals surface area contributed by atoms with E-state index >= 15 is 0 Å². The van der Waals surface area contributed by atoms with Gasteiger partial charge in [-0.25, -0.2) is 18.6 Å². The SMILES string of the molecule is COC(=O)c1c(C(F)F)nc(C(F)(F)F)c(SCCCl)c1CC(C)C. The number of hydrogen-bond donors (Lipinski definition) is 0. The fraction of sp³-hybridized carbons (Fsp3) is 0.600. The number of thioether (sulfide) groups is 1. The van der Waals surface area contributed by atoms with Crippen molar-refractivity contribution in [2.45, 2.75) is 37.8 Å². The summed E-state index contributed by atoms with van der Waals surface area (Å²) in [7, 11) is 0.972. The number of aromatic nitrogens is 1. The van der Waals surface area contributed by atoms with Gasteiger partial charge in [0.2, 0.25) is 0 Å². The van der Waals surface area contributed by atoms with Gasteiger partial charge < -0.3 is 4.74 Å². The molecule has 25 heavy (non-hydrogen) atoms. The summed E-state index contributed by atoms with van der Waals surface area (Å²) in [4.78, 5) is 14.8. The molecule has 0 saturated heterocycles. The lowest BCUT2D eigenvalue weighted by Gasteiger charge is -2.21. The molecule has 142 valence electrons. The van der Waals surface area contributed by atoms with Crippen molar-refractivity contribution in [2.75, 3.05) is 18.7 Å². The average molecular weight is 406 g/mol. The summed E-state index contributed by atoms with van der Waals surface area (Å²) in [6.45, 7) is 3.40. The lowest BCUT2D eigenvalue weighted by molar-refractivity contribution is -0.143. The van der Waals surface area contributed by atoms with Crippen LogP contribution in [0.2, 0.25) is 0 Å². The van der Waals surface area contributed by atoms with Gasteiger partial charge in [0, 0.05) is 16.5 Å². The smallest absolute Gasteiger partial charge is 0.434 e. The summed E-state index contributed by atoms with van der Waals surface area (Å²) in [5.41, 5.74) is -3.38. The van der Waals surface area contributed by atoms with E-state index in [1.807, 2.05) is 0 Å². The highest BCUT2D eigenvalue weighted by atomic mass is 35.5. The molecule has 0 aromatic carbocycles. The number of rotatable bonds is 7. The van der Waals surface area contributed by atoms with Crippen LogP contribution in [0.25, 0.3) is 0 Å². The van der Waals surface area contributed by atoms with Crippen LogP contribution in [-0.2, 0) is 17.3 Å². The Hall–Kier alpha value is -1.09. The quantitative estimate of drug-likeness (QED) is 0.265. The normalized spacial score (nSPS) is 12.1. The van der Waals surface area contributed by atoms with Crippen molar-refractivity contribution in [3.8, 4) is 0 Å². The number of nitrogens with zero attached hydrogens (tertiary/aromatic N) is 1. The van der Waals surface area contributed by atoms with Gasteiger partial charge in [-0.15, -0.1) is 23.4 Å². The molecule has 0 amide bonds. The number of carbonyl (C=O) groups is 1. The summed E-state index contributed by atoms with van der Waals surface area (Å²) in [5.74, 6) is -1.17. The fourth-order valence-corrected chi connectivity index (χ4v) is 3.39. The molecule has 0 bridgehead atoms. The maximum Gasteiger partial charge on any atom is 0.434 e. The number of hydrogen-bond acceptors (Lipinski definition) is 4. The average Bonchev–Trinajstić information content (AvgIpc) is 2.50. The van der Waals surface area contributed by atoms with Crippen LogP contribution in [0.4, 0.5) is 22.0 Å². The molecule has 0 saturated carbocycles. The molecule has 1 aromatic rings. The number of methoxy groups -OCH3 is 1. The predicted molar refractivity (Wildman–Crippen MR) is 85.5 cm³/mol. The van der Waals surface area contributed by atoms with Crippen LogP contribution in [0.3, 0.4) is 0 Å². The molecule has 10 heteroatoms. The van der Waals surface area contributed by atoms with Crippen LogP contribution < -0.4 is 0 Å². The molecular formula is C15H17ClF5NO2S. The van der Waals surface area contributed by atoms with Crippen molar-refractivity contribution in [1.82, 2.24) is 4.98 Å². The highest BCUT2D eigenvalue weighted by Gasteiger charge is 2.40. The Morgan fingerprint density at radius 2 is 1.92 bits per heavy atom. The zero-order valence-electron chi connectivity index (χ0n) is 13.7. The fourth-order valence-electron chi connectivity index (χ4n) is 2.22. The van der Waals surface area contributed by atoms with Crippen molar-refractivity contribution in [3.63, 3.8) is 0 Å². The van der Waals surface area contributed by atoms with E-state index in [9.17, 15) is 26.7 Å². The van der Waals surface area contributed by atoms with Gasteiger partial charge >= 0.3 is 12.1 Å². The minimum atomic E-state index is -4.95. The Kier molecular flexibility index (Phi) is 7.92. The molecule has 0 aliphatic heterocycles. The summed E-state index contributed by atoms with van der Waals surface area (Å²) >= 11 is 6.29. The second kappa shape index (κ2) is 9.02. The molecular weight excluding hydrogens is 389 g/mol. The van der Waals surface area contributed by atoms with E-state index < -0.39 is 35.5 Å². The van der Waals surface area contributed by atoms with Crippen LogP contribution in [0, 0.1) is 5.92 Å². The van der Waals surface area contributed by atoms with Gasteiger partial charge in [0.05, 0.1) is 12.7 Å². The topological polar surface area (TPSA) is 39.2 Å². The molecule has 1 heterocycles. The molecule has 0 radical (unpaired) electrons. The first-order valence-electron chi connectivity index (χ1n) is 7.23. The monoisotopic (exact) mass is 405 g/mol. The summed E-state index contributed by atoms with van der Waals surface area (Å²) < 4.78 is 71.3. The Morgan fingerprint density at radius 3 is 2.32 bits per heavy atom. The van der Waals surface area contributed by atoms with E-state index in [0.717, 1.165) is 18.9 Å². The maximum absolute atomic E-state index is 13.4. The van der Waals surface area contributed by atoms with E-state index in [1.165, 1.54) is 0 Å². The third-order valence-electron chi connectivity index (χ3n) is 3.08. The first-order chi connectivity index (χ1) is 11.5. The third kappa shape index (κ3) is 5.44. The highest BCUT2D eigenvalue weighted by Crippen LogP contribution is 2.42. The van der Waals surface area contributed by atoms with E-state index in [4.69, 9.17) is 11.6 Å². The number of carbonyl (C=O) groups excluding carboxylic acids is 1. The van der Waals surface area contributed by atoms with Crippen molar-refractivity contribution < 1.29 is 31.5 Å². The molecule has 0 spiro atoms. The zero-order valence-corrected chi connectivity index (χ0v) is 15.3. The number of esters is 1. The van der Waals surface area contributed by atoms with Crippen LogP contribution in [-0.4, -0.2) is 29.7 Å². The van der Waals surface area contributed by atoms with Gasteiger partial charge in [0.1, 0.15) is 5.69 Å². The molecule has 0 N–H and O–H groups in total.